The van der Waals surface area contributed by atoms with Crippen LogP contribution in [0, 0.1) is 27.7 Å². The van der Waals surface area contributed by atoms with E-state index in [9.17, 15) is 0 Å². The maximum atomic E-state index is 6.56. The number of aryl methyl sites for hydroxylation is 4. The Morgan fingerprint density at radius 2 is 0.820 bits per heavy atom. The highest BCUT2D eigenvalue weighted by Crippen LogP contribution is 2.39. The van der Waals surface area contributed by atoms with Crippen LogP contribution in [0.4, 0.5) is 0 Å². The number of rotatable bonds is 9. The van der Waals surface area contributed by atoms with Crippen molar-refractivity contribution >= 4 is 21.8 Å². The highest BCUT2D eigenvalue weighted by Gasteiger charge is 2.17. The molecule has 0 fully saturated rings. The van der Waals surface area contributed by atoms with Crippen molar-refractivity contribution in [2.24, 2.45) is 0 Å². The number of benzene rings is 6. The van der Waals surface area contributed by atoms with Crippen molar-refractivity contribution in [1.82, 2.24) is 29.5 Å². The molecule has 0 saturated heterocycles. The summed E-state index contributed by atoms with van der Waals surface area (Å²) < 4.78 is 15.1. The van der Waals surface area contributed by atoms with E-state index in [1.54, 1.807) is 0 Å². The summed E-state index contributed by atoms with van der Waals surface area (Å²) in [5, 5.41) is 2.04. The van der Waals surface area contributed by atoms with Crippen LogP contribution < -0.4 is 9.47 Å². The standard InChI is InChI=1S/C53H40N6O2/c1-33-9-5-10-34(2)51(33)39-21-23-55-47(27-39)37-13-7-15-41(25-37)60-43-17-19-45-46-20-18-44(30-50(46)59(49(45)29-43)53-57-31-54-32-58-53)61-42-16-8-14-38(26-42)48-28-40(22-24-56-48)52-35(3)11-6-12-36(52)4/h5-32H,1-4H3. The first-order chi connectivity index (χ1) is 29.9. The lowest BCUT2D eigenvalue weighted by Crippen LogP contribution is -2.01. The summed E-state index contributed by atoms with van der Waals surface area (Å²) in [6.07, 6.45) is 6.75. The van der Waals surface area contributed by atoms with Gasteiger partial charge >= 0.3 is 0 Å². The Balaban J connectivity index is 0.971. The molecule has 294 valence electrons. The highest BCUT2D eigenvalue weighted by atomic mass is 16.5. The topological polar surface area (TPSA) is 87.8 Å². The van der Waals surface area contributed by atoms with Crippen LogP contribution in [0.25, 0.3) is 72.5 Å². The van der Waals surface area contributed by atoms with Crippen LogP contribution in [0.1, 0.15) is 22.3 Å². The van der Waals surface area contributed by atoms with Gasteiger partial charge in [-0.2, -0.15) is 0 Å². The Morgan fingerprint density at radius 3 is 1.28 bits per heavy atom. The molecule has 8 nitrogen and oxygen atoms in total. The van der Waals surface area contributed by atoms with E-state index in [1.165, 1.54) is 46.0 Å². The van der Waals surface area contributed by atoms with Crippen molar-refractivity contribution in [3.05, 3.63) is 193 Å². The zero-order chi connectivity index (χ0) is 41.5. The summed E-state index contributed by atoms with van der Waals surface area (Å²) in [6.45, 7) is 8.58. The molecule has 0 N–H and O–H groups in total. The molecule has 0 saturated carbocycles. The van der Waals surface area contributed by atoms with Crippen LogP contribution in [0.5, 0.6) is 23.0 Å². The fourth-order valence-electron chi connectivity index (χ4n) is 8.41. The molecule has 10 rings (SSSR count). The molecular weight excluding hydrogens is 753 g/mol. The molecule has 0 aliphatic rings. The Morgan fingerprint density at radius 1 is 0.393 bits per heavy atom. The second-order valence-electron chi connectivity index (χ2n) is 15.3. The average Bonchev–Trinajstić information content (AvgIpc) is 3.60. The van der Waals surface area contributed by atoms with Gasteiger partial charge in [-0.05, 0) is 145 Å². The lowest BCUT2D eigenvalue weighted by molar-refractivity contribution is 0.483. The smallest absolute Gasteiger partial charge is 0.237 e. The Hall–Kier alpha value is -7.97. The van der Waals surface area contributed by atoms with E-state index >= 15 is 0 Å². The van der Waals surface area contributed by atoms with Crippen molar-refractivity contribution in [1.29, 1.82) is 0 Å². The van der Waals surface area contributed by atoms with E-state index in [4.69, 9.17) is 19.4 Å². The van der Waals surface area contributed by atoms with Crippen molar-refractivity contribution in [3.63, 3.8) is 0 Å². The van der Waals surface area contributed by atoms with Crippen LogP contribution in [-0.2, 0) is 0 Å². The lowest BCUT2D eigenvalue weighted by Gasteiger charge is -2.12. The predicted molar refractivity (Wildman–Crippen MR) is 243 cm³/mol. The second-order valence-corrected chi connectivity index (χ2v) is 15.3. The van der Waals surface area contributed by atoms with Gasteiger partial charge in [0, 0.05) is 46.4 Å². The van der Waals surface area contributed by atoms with Crippen molar-refractivity contribution < 1.29 is 9.47 Å². The summed E-state index contributed by atoms with van der Waals surface area (Å²) in [5.74, 6) is 3.22. The summed E-state index contributed by atoms with van der Waals surface area (Å²) in [5.41, 5.74) is 15.1. The average molecular weight is 793 g/mol. The number of hydrogen-bond donors (Lipinski definition) is 0. The number of nitrogens with zero attached hydrogens (tertiary/aromatic N) is 6. The van der Waals surface area contributed by atoms with Gasteiger partial charge in [-0.25, -0.2) is 15.0 Å². The second kappa shape index (κ2) is 15.7. The van der Waals surface area contributed by atoms with Gasteiger partial charge in [-0.15, -0.1) is 0 Å². The normalized spacial score (nSPS) is 11.3. The quantitative estimate of drug-likeness (QED) is 0.144. The predicted octanol–water partition coefficient (Wildman–Crippen LogP) is 13.2. The number of pyridine rings is 2. The van der Waals surface area contributed by atoms with Gasteiger partial charge in [0.15, 0.2) is 0 Å². The van der Waals surface area contributed by atoms with Crippen LogP contribution in [0.15, 0.2) is 171 Å². The van der Waals surface area contributed by atoms with Gasteiger partial charge in [-0.3, -0.25) is 14.5 Å². The molecular formula is C53H40N6O2. The molecule has 0 spiro atoms. The molecule has 0 atom stereocenters. The fourth-order valence-corrected chi connectivity index (χ4v) is 8.41. The minimum absolute atomic E-state index is 0.484. The zero-order valence-corrected chi connectivity index (χ0v) is 34.2. The maximum Gasteiger partial charge on any atom is 0.237 e. The van der Waals surface area contributed by atoms with E-state index in [1.807, 2.05) is 77.6 Å². The molecule has 6 aromatic carbocycles. The molecule has 0 aliphatic heterocycles. The fraction of sp³-hybridized carbons (Fsp3) is 0.0755. The Kier molecular flexibility index (Phi) is 9.58. The van der Waals surface area contributed by atoms with E-state index in [2.05, 4.69) is 128 Å². The molecule has 10 aromatic rings. The third-order valence-electron chi connectivity index (χ3n) is 11.2. The van der Waals surface area contributed by atoms with Gasteiger partial charge in [0.25, 0.3) is 0 Å². The molecule has 0 bridgehead atoms. The van der Waals surface area contributed by atoms with Gasteiger partial charge in [0.1, 0.15) is 35.7 Å². The SMILES string of the molecule is Cc1cccc(C)c1-c1ccnc(-c2cccc(Oc3ccc4c5ccc(Oc6cccc(-c7cc(-c8c(C)cccc8C)ccn7)c6)cc5n(-c5ncncn5)c4c3)c2)c1. The molecule has 4 heterocycles. The van der Waals surface area contributed by atoms with E-state index in [0.717, 1.165) is 55.4 Å². The molecule has 0 unspecified atom stereocenters. The molecule has 8 heteroatoms. The van der Waals surface area contributed by atoms with Crippen molar-refractivity contribution in [3.8, 4) is 73.7 Å². The Labute approximate surface area is 353 Å². The summed E-state index contributed by atoms with van der Waals surface area (Å²) in [7, 11) is 0. The van der Waals surface area contributed by atoms with E-state index in [0.29, 0.717) is 28.9 Å². The first-order valence-electron chi connectivity index (χ1n) is 20.2. The zero-order valence-electron chi connectivity index (χ0n) is 34.2. The van der Waals surface area contributed by atoms with E-state index < -0.39 is 0 Å². The lowest BCUT2D eigenvalue weighted by atomic mass is 9.95. The number of hydrogen-bond acceptors (Lipinski definition) is 7. The van der Waals surface area contributed by atoms with Crippen molar-refractivity contribution in [2.45, 2.75) is 27.7 Å². The minimum Gasteiger partial charge on any atom is -0.457 e. The summed E-state index contributed by atoms with van der Waals surface area (Å²) >= 11 is 0. The van der Waals surface area contributed by atoms with Crippen LogP contribution in [-0.4, -0.2) is 29.5 Å². The van der Waals surface area contributed by atoms with Gasteiger partial charge in [0.2, 0.25) is 5.95 Å². The molecule has 61 heavy (non-hydrogen) atoms. The number of fused-ring (bicyclic) bond motifs is 3. The van der Waals surface area contributed by atoms with Gasteiger partial charge in [-0.1, -0.05) is 60.7 Å². The summed E-state index contributed by atoms with van der Waals surface area (Å²) in [4.78, 5) is 22.7. The van der Waals surface area contributed by atoms with Crippen LogP contribution in [0.3, 0.4) is 0 Å². The number of aromatic nitrogens is 6. The molecule has 0 aliphatic carbocycles. The van der Waals surface area contributed by atoms with Crippen LogP contribution >= 0.6 is 0 Å². The van der Waals surface area contributed by atoms with Crippen molar-refractivity contribution in [2.75, 3.05) is 0 Å². The monoisotopic (exact) mass is 792 g/mol. The maximum absolute atomic E-state index is 6.56. The third kappa shape index (κ3) is 7.25. The van der Waals surface area contributed by atoms with Gasteiger partial charge < -0.3 is 9.47 Å². The first kappa shape index (κ1) is 37.3. The third-order valence-corrected chi connectivity index (χ3v) is 11.2. The van der Waals surface area contributed by atoms with Gasteiger partial charge in [0.05, 0.1) is 22.4 Å². The first-order valence-corrected chi connectivity index (χ1v) is 20.2. The highest BCUT2D eigenvalue weighted by molar-refractivity contribution is 6.09. The largest absolute Gasteiger partial charge is 0.457 e. The molecule has 0 amide bonds. The molecule has 0 radical (unpaired) electrons. The minimum atomic E-state index is 0.484. The Bertz CT molecular complexity index is 3030. The molecule has 4 aromatic heterocycles. The number of ether oxygens (including phenoxy) is 2. The summed E-state index contributed by atoms with van der Waals surface area (Å²) in [6, 6.07) is 49.5. The van der Waals surface area contributed by atoms with Crippen LogP contribution in [0.2, 0.25) is 0 Å². The van der Waals surface area contributed by atoms with E-state index in [-0.39, 0.29) is 0 Å².